The Morgan fingerprint density at radius 3 is 2.82 bits per heavy atom. The van der Waals surface area contributed by atoms with Gasteiger partial charge in [0.1, 0.15) is 11.4 Å². The number of rotatable bonds is 3. The van der Waals surface area contributed by atoms with Gasteiger partial charge in [-0.05, 0) is 26.0 Å². The second kappa shape index (κ2) is 4.71. The van der Waals surface area contributed by atoms with Crippen LogP contribution in [0.1, 0.15) is 13.8 Å². The summed E-state index contributed by atoms with van der Waals surface area (Å²) in [6.45, 7) is 4.92. The quantitative estimate of drug-likeness (QED) is 0.611. The van der Waals surface area contributed by atoms with Crippen molar-refractivity contribution in [2.75, 3.05) is 13.2 Å². The minimum Gasteiger partial charge on any atom is -0.461 e. The van der Waals surface area contributed by atoms with E-state index in [0.29, 0.717) is 12.3 Å². The topological polar surface area (TPSA) is 44.8 Å². The first kappa shape index (κ1) is 11.9. The van der Waals surface area contributed by atoms with Gasteiger partial charge in [-0.15, -0.1) is 0 Å². The number of carbonyl (C=O) groups is 1. The van der Waals surface area contributed by atoms with Crippen LogP contribution >= 0.6 is 11.8 Å². The first-order valence-corrected chi connectivity index (χ1v) is 5.82. The fourth-order valence-corrected chi connectivity index (χ4v) is 1.98. The van der Waals surface area contributed by atoms with E-state index in [1.807, 2.05) is 18.0 Å². The maximum absolute atomic E-state index is 11.6. The number of nitrogens with zero attached hydrogens (tertiary/aromatic N) is 2. The highest BCUT2D eigenvalue weighted by Crippen LogP contribution is 2.32. The molecule has 2 rings (SSSR count). The van der Waals surface area contributed by atoms with Crippen LogP contribution in [0.3, 0.4) is 0 Å². The Kier molecular flexibility index (Phi) is 3.28. The Hall–Kier alpha value is -1.62. The Morgan fingerprint density at radius 1 is 1.41 bits per heavy atom. The largest absolute Gasteiger partial charge is 0.461 e. The molecule has 0 aliphatic carbocycles. The highest BCUT2D eigenvalue weighted by atomic mass is 35.5. The van der Waals surface area contributed by atoms with Crippen molar-refractivity contribution in [1.82, 2.24) is 14.9 Å². The van der Waals surface area contributed by atoms with Gasteiger partial charge in [-0.3, -0.25) is 5.01 Å². The van der Waals surface area contributed by atoms with Gasteiger partial charge in [0, 0.05) is 24.5 Å². The van der Waals surface area contributed by atoms with Crippen LogP contribution in [-0.2, 0) is 9.53 Å². The van der Waals surface area contributed by atoms with E-state index < -0.39 is 5.97 Å². The number of allylic oxidation sites excluding steroid dienone is 2. The number of hydrazine groups is 1. The van der Waals surface area contributed by atoms with Crippen LogP contribution < -0.4 is 5.43 Å². The summed E-state index contributed by atoms with van der Waals surface area (Å²) in [7, 11) is 0. The van der Waals surface area contributed by atoms with Crippen molar-refractivity contribution in [2.24, 2.45) is 0 Å². The van der Waals surface area contributed by atoms with Gasteiger partial charge in [0.25, 0.3) is 0 Å². The van der Waals surface area contributed by atoms with Gasteiger partial charge >= 0.3 is 5.97 Å². The summed E-state index contributed by atoms with van der Waals surface area (Å²) in [6.07, 6.45) is 5.27. The standard InChI is InChI=1S/C11H14ClN3O2/c1-3-14-8-5-6-9(11(16)17-4-2)15(12)10(8)7-13-14/h5-7,13H,3-4H2,1-2H3. The van der Waals surface area contributed by atoms with Crippen molar-refractivity contribution in [3.8, 4) is 0 Å². The number of hydrogen-bond donors (Lipinski definition) is 1. The highest BCUT2D eigenvalue weighted by molar-refractivity contribution is 6.18. The summed E-state index contributed by atoms with van der Waals surface area (Å²) >= 11 is 6.12. The normalized spacial score (nSPS) is 17.9. The van der Waals surface area contributed by atoms with Crippen molar-refractivity contribution in [2.45, 2.75) is 13.8 Å². The number of nitrogens with one attached hydrogen (secondary N) is 1. The third-order valence-electron chi connectivity index (χ3n) is 2.53. The van der Waals surface area contributed by atoms with E-state index in [-0.39, 0.29) is 0 Å². The summed E-state index contributed by atoms with van der Waals surface area (Å²) in [6, 6.07) is 0. The molecule has 5 nitrogen and oxygen atoms in total. The van der Waals surface area contributed by atoms with Crippen LogP contribution in [0.15, 0.2) is 35.4 Å². The number of hydrogen-bond acceptors (Lipinski definition) is 5. The van der Waals surface area contributed by atoms with Crippen LogP contribution in [0.4, 0.5) is 0 Å². The fraction of sp³-hybridized carbons (Fsp3) is 0.364. The molecule has 0 radical (unpaired) electrons. The molecule has 0 atom stereocenters. The second-order valence-corrected chi connectivity index (χ2v) is 3.85. The van der Waals surface area contributed by atoms with E-state index in [9.17, 15) is 4.79 Å². The van der Waals surface area contributed by atoms with E-state index in [4.69, 9.17) is 16.5 Å². The number of fused-ring (bicyclic) bond motifs is 1. The van der Waals surface area contributed by atoms with Crippen molar-refractivity contribution < 1.29 is 9.53 Å². The molecular formula is C11H14ClN3O2. The second-order valence-electron chi connectivity index (χ2n) is 3.51. The number of halogens is 1. The average Bonchev–Trinajstić information content (AvgIpc) is 2.73. The molecule has 0 spiro atoms. The molecule has 0 aromatic carbocycles. The Morgan fingerprint density at radius 2 is 2.18 bits per heavy atom. The van der Waals surface area contributed by atoms with Crippen LogP contribution in [0.5, 0.6) is 0 Å². The summed E-state index contributed by atoms with van der Waals surface area (Å²) in [5.41, 5.74) is 5.07. The van der Waals surface area contributed by atoms with Gasteiger partial charge in [-0.25, -0.2) is 9.21 Å². The molecule has 1 N–H and O–H groups in total. The monoisotopic (exact) mass is 255 g/mol. The lowest BCUT2D eigenvalue weighted by Crippen LogP contribution is -2.31. The smallest absolute Gasteiger partial charge is 0.356 e. The van der Waals surface area contributed by atoms with Gasteiger partial charge in [-0.1, -0.05) is 0 Å². The van der Waals surface area contributed by atoms with Crippen LogP contribution in [0.2, 0.25) is 0 Å². The minimum absolute atomic E-state index is 0.322. The van der Waals surface area contributed by atoms with Gasteiger partial charge < -0.3 is 10.2 Å². The molecule has 0 aromatic rings. The van der Waals surface area contributed by atoms with Gasteiger partial charge in [0.2, 0.25) is 0 Å². The number of likely N-dealkylation sites (N-methyl/N-ethyl adjacent to an activating group) is 1. The SMILES string of the molecule is CCOC(=O)C1=CC=C2C(=CNN2CC)N1Cl. The van der Waals surface area contributed by atoms with E-state index >= 15 is 0 Å². The van der Waals surface area contributed by atoms with Crippen molar-refractivity contribution in [1.29, 1.82) is 0 Å². The summed E-state index contributed by atoms with van der Waals surface area (Å²) in [4.78, 5) is 11.6. The van der Waals surface area contributed by atoms with E-state index in [2.05, 4.69) is 5.43 Å². The van der Waals surface area contributed by atoms with E-state index in [1.54, 1.807) is 19.2 Å². The molecule has 2 aliphatic rings. The first-order valence-electron chi connectivity index (χ1n) is 5.48. The summed E-state index contributed by atoms with van der Waals surface area (Å²) in [5, 5.41) is 1.93. The van der Waals surface area contributed by atoms with Crippen LogP contribution in [0, 0.1) is 0 Å². The molecule has 2 aliphatic heterocycles. The molecule has 0 unspecified atom stereocenters. The maximum Gasteiger partial charge on any atom is 0.356 e. The van der Waals surface area contributed by atoms with Gasteiger partial charge in [0.15, 0.2) is 0 Å². The summed E-state index contributed by atoms with van der Waals surface area (Å²) < 4.78 is 6.25. The number of ether oxygens (including phenoxy) is 1. The fourth-order valence-electron chi connectivity index (χ4n) is 1.72. The molecule has 0 bridgehead atoms. The predicted molar refractivity (Wildman–Crippen MR) is 64.1 cm³/mol. The molecule has 92 valence electrons. The lowest BCUT2D eigenvalue weighted by Gasteiger charge is -2.26. The third kappa shape index (κ3) is 1.98. The molecule has 2 heterocycles. The van der Waals surface area contributed by atoms with Crippen molar-refractivity contribution in [3.05, 3.63) is 35.4 Å². The molecular weight excluding hydrogens is 242 g/mol. The van der Waals surface area contributed by atoms with E-state index in [1.165, 1.54) is 4.42 Å². The highest BCUT2D eigenvalue weighted by Gasteiger charge is 2.30. The van der Waals surface area contributed by atoms with Crippen LogP contribution in [0.25, 0.3) is 0 Å². The third-order valence-corrected chi connectivity index (χ3v) is 2.90. The Balaban J connectivity index is 2.26. The zero-order valence-electron chi connectivity index (χ0n) is 9.74. The Labute approximate surface area is 105 Å². The molecule has 0 saturated carbocycles. The number of esters is 1. The van der Waals surface area contributed by atoms with Crippen LogP contribution in [-0.4, -0.2) is 28.5 Å². The van der Waals surface area contributed by atoms with E-state index in [0.717, 1.165) is 17.9 Å². The van der Waals surface area contributed by atoms with Gasteiger partial charge in [-0.2, -0.15) is 0 Å². The lowest BCUT2D eigenvalue weighted by atomic mass is 10.2. The van der Waals surface area contributed by atoms with Crippen molar-refractivity contribution >= 4 is 17.7 Å². The Bertz CT molecular complexity index is 428. The molecule has 0 fully saturated rings. The summed E-state index contributed by atoms with van der Waals surface area (Å²) in [5.74, 6) is -0.423. The molecule has 0 aromatic heterocycles. The zero-order chi connectivity index (χ0) is 12.4. The van der Waals surface area contributed by atoms with Crippen molar-refractivity contribution in [3.63, 3.8) is 0 Å². The maximum atomic E-state index is 11.6. The lowest BCUT2D eigenvalue weighted by molar-refractivity contribution is -0.139. The minimum atomic E-state index is -0.423. The average molecular weight is 256 g/mol. The molecule has 17 heavy (non-hydrogen) atoms. The first-order chi connectivity index (χ1) is 8.19. The molecule has 6 heteroatoms. The predicted octanol–water partition coefficient (Wildman–Crippen LogP) is 1.47. The zero-order valence-corrected chi connectivity index (χ0v) is 10.5. The molecule has 0 amide bonds. The number of carbonyl (C=O) groups excluding carboxylic acids is 1. The van der Waals surface area contributed by atoms with Gasteiger partial charge in [0.05, 0.1) is 12.3 Å². The molecule has 0 saturated heterocycles.